The van der Waals surface area contributed by atoms with Gasteiger partial charge < -0.3 is 10.6 Å². The van der Waals surface area contributed by atoms with Crippen molar-refractivity contribution in [1.82, 2.24) is 9.97 Å². The zero-order valence-electron chi connectivity index (χ0n) is 12.5. The first-order valence-electron chi connectivity index (χ1n) is 7.03. The van der Waals surface area contributed by atoms with E-state index in [2.05, 4.69) is 47.6 Å². The SMILES string of the molecule is CCNc1cc(NCCCCSC)nc(C(C)C)n1. The van der Waals surface area contributed by atoms with E-state index in [1.54, 1.807) is 0 Å². The van der Waals surface area contributed by atoms with Crippen LogP contribution in [0.1, 0.15) is 45.4 Å². The van der Waals surface area contributed by atoms with Gasteiger partial charge in [-0.3, -0.25) is 0 Å². The van der Waals surface area contributed by atoms with Gasteiger partial charge in [0, 0.05) is 25.1 Å². The van der Waals surface area contributed by atoms with Gasteiger partial charge in [-0.25, -0.2) is 9.97 Å². The predicted octanol–water partition coefficient (Wildman–Crippen LogP) is 3.59. The van der Waals surface area contributed by atoms with Gasteiger partial charge in [-0.2, -0.15) is 11.8 Å². The van der Waals surface area contributed by atoms with Gasteiger partial charge in [-0.15, -0.1) is 0 Å². The van der Waals surface area contributed by atoms with Crippen LogP contribution in [0.2, 0.25) is 0 Å². The average Bonchev–Trinajstić information content (AvgIpc) is 2.38. The molecular formula is C14H26N4S. The van der Waals surface area contributed by atoms with Crippen molar-refractivity contribution < 1.29 is 0 Å². The van der Waals surface area contributed by atoms with Crippen molar-refractivity contribution in [3.63, 3.8) is 0 Å². The first kappa shape index (κ1) is 16.1. The summed E-state index contributed by atoms with van der Waals surface area (Å²) < 4.78 is 0. The molecule has 1 aromatic rings. The molecule has 108 valence electrons. The Morgan fingerprint density at radius 1 is 1.16 bits per heavy atom. The van der Waals surface area contributed by atoms with Crippen LogP contribution in [0.4, 0.5) is 11.6 Å². The van der Waals surface area contributed by atoms with E-state index in [-0.39, 0.29) is 0 Å². The number of aromatic nitrogens is 2. The van der Waals surface area contributed by atoms with Crippen molar-refractivity contribution in [2.45, 2.75) is 39.5 Å². The molecule has 19 heavy (non-hydrogen) atoms. The first-order chi connectivity index (χ1) is 9.17. The summed E-state index contributed by atoms with van der Waals surface area (Å²) in [4.78, 5) is 9.08. The Hall–Kier alpha value is -0.970. The maximum absolute atomic E-state index is 4.57. The van der Waals surface area contributed by atoms with Gasteiger partial charge in [-0.05, 0) is 31.8 Å². The highest BCUT2D eigenvalue weighted by atomic mass is 32.2. The van der Waals surface area contributed by atoms with Crippen molar-refractivity contribution in [3.05, 3.63) is 11.9 Å². The smallest absolute Gasteiger partial charge is 0.135 e. The lowest BCUT2D eigenvalue weighted by Gasteiger charge is -2.12. The molecule has 0 spiro atoms. The van der Waals surface area contributed by atoms with Gasteiger partial charge in [0.15, 0.2) is 0 Å². The summed E-state index contributed by atoms with van der Waals surface area (Å²) >= 11 is 1.90. The molecule has 1 heterocycles. The van der Waals surface area contributed by atoms with Crippen molar-refractivity contribution in [2.24, 2.45) is 0 Å². The summed E-state index contributed by atoms with van der Waals surface area (Å²) in [6.07, 6.45) is 4.57. The molecule has 0 saturated heterocycles. The number of hydrogen-bond acceptors (Lipinski definition) is 5. The Kier molecular flexibility index (Phi) is 7.63. The number of nitrogens with zero attached hydrogens (tertiary/aromatic N) is 2. The number of rotatable bonds is 9. The lowest BCUT2D eigenvalue weighted by molar-refractivity contribution is 0.771. The van der Waals surface area contributed by atoms with Crippen LogP contribution in [0, 0.1) is 0 Å². The quantitative estimate of drug-likeness (QED) is 0.678. The molecule has 0 saturated carbocycles. The Morgan fingerprint density at radius 2 is 1.84 bits per heavy atom. The Morgan fingerprint density at radius 3 is 2.42 bits per heavy atom. The zero-order chi connectivity index (χ0) is 14.1. The second-order valence-corrected chi connectivity index (χ2v) is 5.79. The number of nitrogens with one attached hydrogen (secondary N) is 2. The van der Waals surface area contributed by atoms with Crippen molar-refractivity contribution in [3.8, 4) is 0 Å². The number of thioether (sulfide) groups is 1. The minimum Gasteiger partial charge on any atom is -0.370 e. The summed E-state index contributed by atoms with van der Waals surface area (Å²) in [6, 6.07) is 1.99. The minimum atomic E-state index is 0.343. The maximum atomic E-state index is 4.57. The third kappa shape index (κ3) is 6.14. The van der Waals surface area contributed by atoms with E-state index in [1.807, 2.05) is 17.8 Å². The molecule has 0 aliphatic rings. The standard InChI is InChI=1S/C14H26N4S/c1-5-15-12-10-13(16-8-6-7-9-19-4)18-14(17-12)11(2)3/h10-11H,5-9H2,1-4H3,(H2,15,16,17,18). The average molecular weight is 282 g/mol. The monoisotopic (exact) mass is 282 g/mol. The summed E-state index contributed by atoms with van der Waals surface area (Å²) in [6.45, 7) is 8.16. The molecular weight excluding hydrogens is 256 g/mol. The lowest BCUT2D eigenvalue weighted by Crippen LogP contribution is -2.10. The van der Waals surface area contributed by atoms with Gasteiger partial charge in [-0.1, -0.05) is 13.8 Å². The largest absolute Gasteiger partial charge is 0.370 e. The fourth-order valence-corrected chi connectivity index (χ4v) is 2.17. The van der Waals surface area contributed by atoms with Crippen molar-refractivity contribution in [1.29, 1.82) is 0 Å². The molecule has 0 aromatic carbocycles. The normalized spacial score (nSPS) is 10.8. The van der Waals surface area contributed by atoms with E-state index in [4.69, 9.17) is 0 Å². The Balaban J connectivity index is 2.60. The highest BCUT2D eigenvalue weighted by molar-refractivity contribution is 7.98. The van der Waals surface area contributed by atoms with Crippen LogP contribution < -0.4 is 10.6 Å². The highest BCUT2D eigenvalue weighted by Gasteiger charge is 2.07. The van der Waals surface area contributed by atoms with Gasteiger partial charge in [0.2, 0.25) is 0 Å². The molecule has 5 heteroatoms. The molecule has 0 fully saturated rings. The molecule has 1 rings (SSSR count). The van der Waals surface area contributed by atoms with E-state index in [9.17, 15) is 0 Å². The van der Waals surface area contributed by atoms with Gasteiger partial charge in [0.1, 0.15) is 17.5 Å². The van der Waals surface area contributed by atoms with Crippen LogP contribution in [0.25, 0.3) is 0 Å². The van der Waals surface area contributed by atoms with Crippen LogP contribution in [-0.2, 0) is 0 Å². The Bertz CT molecular complexity index is 368. The Labute approximate surface area is 121 Å². The summed E-state index contributed by atoms with van der Waals surface area (Å²) in [5, 5.41) is 6.66. The molecule has 0 unspecified atom stereocenters. The number of unbranched alkanes of at least 4 members (excludes halogenated alkanes) is 1. The van der Waals surface area contributed by atoms with Crippen molar-refractivity contribution in [2.75, 3.05) is 35.7 Å². The van der Waals surface area contributed by atoms with E-state index in [0.717, 1.165) is 30.5 Å². The fourth-order valence-electron chi connectivity index (χ4n) is 1.67. The highest BCUT2D eigenvalue weighted by Crippen LogP contribution is 2.17. The molecule has 0 radical (unpaired) electrons. The third-order valence-electron chi connectivity index (χ3n) is 2.70. The summed E-state index contributed by atoms with van der Waals surface area (Å²) in [5.74, 6) is 4.30. The summed E-state index contributed by atoms with van der Waals surface area (Å²) in [7, 11) is 0. The van der Waals surface area contributed by atoms with Gasteiger partial charge in [0.25, 0.3) is 0 Å². The molecule has 0 aliphatic carbocycles. The minimum absolute atomic E-state index is 0.343. The maximum Gasteiger partial charge on any atom is 0.135 e. The van der Waals surface area contributed by atoms with Crippen LogP contribution in [0.3, 0.4) is 0 Å². The number of anilines is 2. The van der Waals surface area contributed by atoms with Crippen LogP contribution in [0.5, 0.6) is 0 Å². The second-order valence-electron chi connectivity index (χ2n) is 4.81. The van der Waals surface area contributed by atoms with Crippen LogP contribution in [-0.4, -0.2) is 35.1 Å². The third-order valence-corrected chi connectivity index (χ3v) is 3.40. The van der Waals surface area contributed by atoms with E-state index in [0.29, 0.717) is 5.92 Å². The molecule has 0 atom stereocenters. The molecule has 2 N–H and O–H groups in total. The van der Waals surface area contributed by atoms with Gasteiger partial charge in [0.05, 0.1) is 0 Å². The summed E-state index contributed by atoms with van der Waals surface area (Å²) in [5.41, 5.74) is 0. The molecule has 4 nitrogen and oxygen atoms in total. The molecule has 1 aromatic heterocycles. The number of hydrogen-bond donors (Lipinski definition) is 2. The van der Waals surface area contributed by atoms with Crippen molar-refractivity contribution >= 4 is 23.4 Å². The molecule has 0 aliphatic heterocycles. The molecule has 0 bridgehead atoms. The topological polar surface area (TPSA) is 49.8 Å². The second kappa shape index (κ2) is 9.02. The fraction of sp³-hybridized carbons (Fsp3) is 0.714. The van der Waals surface area contributed by atoms with E-state index < -0.39 is 0 Å². The van der Waals surface area contributed by atoms with Gasteiger partial charge >= 0.3 is 0 Å². The van der Waals surface area contributed by atoms with Crippen LogP contribution >= 0.6 is 11.8 Å². The first-order valence-corrected chi connectivity index (χ1v) is 8.42. The zero-order valence-corrected chi connectivity index (χ0v) is 13.3. The van der Waals surface area contributed by atoms with E-state index >= 15 is 0 Å². The predicted molar refractivity (Wildman–Crippen MR) is 86.4 cm³/mol. The lowest BCUT2D eigenvalue weighted by atomic mass is 10.2. The van der Waals surface area contributed by atoms with Crippen LogP contribution in [0.15, 0.2) is 6.07 Å². The molecule has 0 amide bonds. The van der Waals surface area contributed by atoms with E-state index in [1.165, 1.54) is 18.6 Å².